The van der Waals surface area contributed by atoms with E-state index in [1.807, 2.05) is 24.3 Å². The number of halogens is 1. The standard InChI is InChI=1S/C26H32ClN5O5S/c1-2-35-25(34)32-13-11-31(12-14-32)23(33)20-5-3-19(4-6-20)18-38-24-28-21(27)17-22(29-24)30-9-7-26(8-10-30)36-15-16-37-26/h3-6,17H,2,7-16,18H2,1H3. The number of piperazine rings is 1. The molecule has 1 aromatic carbocycles. The van der Waals surface area contributed by atoms with Crippen LogP contribution in [0.1, 0.15) is 35.7 Å². The lowest BCUT2D eigenvalue weighted by Gasteiger charge is -2.38. The van der Waals surface area contributed by atoms with Crippen LogP contribution in [-0.4, -0.2) is 96.6 Å². The molecule has 3 aliphatic rings. The molecule has 38 heavy (non-hydrogen) atoms. The third-order valence-electron chi connectivity index (χ3n) is 6.99. The van der Waals surface area contributed by atoms with Gasteiger partial charge in [0.25, 0.3) is 5.91 Å². The van der Waals surface area contributed by atoms with Crippen molar-refractivity contribution in [2.45, 2.75) is 36.5 Å². The van der Waals surface area contributed by atoms with Gasteiger partial charge in [0.05, 0.1) is 19.8 Å². The Balaban J connectivity index is 1.13. The van der Waals surface area contributed by atoms with E-state index in [0.29, 0.717) is 67.6 Å². The zero-order valence-corrected chi connectivity index (χ0v) is 23.0. The van der Waals surface area contributed by atoms with Gasteiger partial charge < -0.3 is 28.9 Å². The van der Waals surface area contributed by atoms with E-state index in [2.05, 4.69) is 9.88 Å². The number of aromatic nitrogens is 2. The molecular formula is C26H32ClN5O5S. The predicted octanol–water partition coefficient (Wildman–Crippen LogP) is 3.68. The summed E-state index contributed by atoms with van der Waals surface area (Å²) in [4.78, 5) is 39.6. The molecule has 0 unspecified atom stereocenters. The highest BCUT2D eigenvalue weighted by Gasteiger charge is 2.40. The number of carbonyl (C=O) groups is 2. The third kappa shape index (κ3) is 6.33. The summed E-state index contributed by atoms with van der Waals surface area (Å²) in [6, 6.07) is 9.39. The van der Waals surface area contributed by atoms with Crippen LogP contribution in [0.4, 0.5) is 10.6 Å². The summed E-state index contributed by atoms with van der Waals surface area (Å²) in [7, 11) is 0. The monoisotopic (exact) mass is 561 g/mol. The van der Waals surface area contributed by atoms with E-state index in [4.69, 9.17) is 30.8 Å². The fourth-order valence-electron chi connectivity index (χ4n) is 4.86. The highest BCUT2D eigenvalue weighted by molar-refractivity contribution is 7.98. The lowest BCUT2D eigenvalue weighted by molar-refractivity contribution is -0.169. The predicted molar refractivity (Wildman–Crippen MR) is 144 cm³/mol. The number of hydrogen-bond acceptors (Lipinski definition) is 9. The molecule has 2 aromatic rings. The van der Waals surface area contributed by atoms with Crippen molar-refractivity contribution in [1.82, 2.24) is 19.8 Å². The molecule has 3 saturated heterocycles. The van der Waals surface area contributed by atoms with Gasteiger partial charge in [0.15, 0.2) is 10.9 Å². The smallest absolute Gasteiger partial charge is 0.409 e. The van der Waals surface area contributed by atoms with Crippen molar-refractivity contribution in [2.24, 2.45) is 0 Å². The molecule has 0 N–H and O–H groups in total. The second-order valence-corrected chi connectivity index (χ2v) is 10.7. The Labute approximate surface area is 231 Å². The molecule has 0 saturated carbocycles. The summed E-state index contributed by atoms with van der Waals surface area (Å²) in [6.07, 6.45) is 1.27. The lowest BCUT2D eigenvalue weighted by atomic mass is 10.0. The van der Waals surface area contributed by atoms with E-state index in [1.165, 1.54) is 11.8 Å². The Kier molecular flexibility index (Phi) is 8.57. The van der Waals surface area contributed by atoms with Crippen LogP contribution in [0.2, 0.25) is 5.15 Å². The van der Waals surface area contributed by atoms with Gasteiger partial charge in [0, 0.05) is 69.5 Å². The van der Waals surface area contributed by atoms with Gasteiger partial charge >= 0.3 is 6.09 Å². The van der Waals surface area contributed by atoms with Gasteiger partial charge in [-0.25, -0.2) is 14.8 Å². The van der Waals surface area contributed by atoms with Crippen molar-refractivity contribution in [3.63, 3.8) is 0 Å². The summed E-state index contributed by atoms with van der Waals surface area (Å²) in [5.41, 5.74) is 1.68. The number of carbonyl (C=O) groups excluding carboxylic acids is 2. The first-order valence-electron chi connectivity index (χ1n) is 12.9. The maximum Gasteiger partial charge on any atom is 0.409 e. The SMILES string of the molecule is CCOC(=O)N1CCN(C(=O)c2ccc(CSc3nc(Cl)cc(N4CCC5(CC4)OCCO5)n3)cc2)CC1. The van der Waals surface area contributed by atoms with Gasteiger partial charge in [-0.15, -0.1) is 0 Å². The normalized spacial score (nSPS) is 19.2. The van der Waals surface area contributed by atoms with E-state index in [9.17, 15) is 9.59 Å². The lowest BCUT2D eigenvalue weighted by Crippen LogP contribution is -2.50. The molecular weight excluding hydrogens is 530 g/mol. The quantitative estimate of drug-likeness (QED) is 0.297. The molecule has 12 heteroatoms. The minimum Gasteiger partial charge on any atom is -0.450 e. The number of nitrogens with zero attached hydrogens (tertiary/aromatic N) is 5. The van der Waals surface area contributed by atoms with Crippen molar-refractivity contribution in [2.75, 3.05) is 64.0 Å². The molecule has 4 heterocycles. The first-order chi connectivity index (χ1) is 18.4. The largest absolute Gasteiger partial charge is 0.450 e. The van der Waals surface area contributed by atoms with Crippen LogP contribution < -0.4 is 4.90 Å². The molecule has 0 aliphatic carbocycles. The maximum atomic E-state index is 12.9. The number of piperidine rings is 1. The van der Waals surface area contributed by atoms with Crippen LogP contribution in [0, 0.1) is 0 Å². The second-order valence-electron chi connectivity index (χ2n) is 9.39. The van der Waals surface area contributed by atoms with Crippen LogP contribution in [0.25, 0.3) is 0 Å². The molecule has 0 radical (unpaired) electrons. The molecule has 0 atom stereocenters. The number of anilines is 1. The Bertz CT molecular complexity index is 1130. The molecule has 10 nitrogen and oxygen atoms in total. The van der Waals surface area contributed by atoms with Crippen LogP contribution in [0.15, 0.2) is 35.5 Å². The Morgan fingerprint density at radius 2 is 1.66 bits per heavy atom. The van der Waals surface area contributed by atoms with Gasteiger partial charge in [0.1, 0.15) is 11.0 Å². The van der Waals surface area contributed by atoms with Crippen LogP contribution >= 0.6 is 23.4 Å². The molecule has 2 amide bonds. The number of thioether (sulfide) groups is 1. The summed E-state index contributed by atoms with van der Waals surface area (Å²) in [6.45, 7) is 6.93. The minimum atomic E-state index is -0.435. The Hall–Kier alpha value is -2.60. The molecule has 1 spiro atoms. The van der Waals surface area contributed by atoms with E-state index in [1.54, 1.807) is 22.8 Å². The van der Waals surface area contributed by atoms with Crippen molar-refractivity contribution in [3.05, 3.63) is 46.6 Å². The van der Waals surface area contributed by atoms with E-state index < -0.39 is 5.79 Å². The average Bonchev–Trinajstić information content (AvgIpc) is 3.40. The molecule has 5 rings (SSSR count). The summed E-state index contributed by atoms with van der Waals surface area (Å²) >= 11 is 7.84. The van der Waals surface area contributed by atoms with E-state index in [-0.39, 0.29) is 12.0 Å². The first kappa shape index (κ1) is 27.0. The number of hydrogen-bond donors (Lipinski definition) is 0. The highest BCUT2D eigenvalue weighted by Crippen LogP contribution is 2.34. The first-order valence-corrected chi connectivity index (χ1v) is 14.3. The molecule has 204 valence electrons. The zero-order valence-electron chi connectivity index (χ0n) is 21.4. The molecule has 0 bridgehead atoms. The van der Waals surface area contributed by atoms with Gasteiger partial charge in [-0.3, -0.25) is 4.79 Å². The summed E-state index contributed by atoms with van der Waals surface area (Å²) in [5.74, 6) is 0.990. The third-order valence-corrected chi connectivity index (χ3v) is 8.10. The van der Waals surface area contributed by atoms with Crippen LogP contribution in [0.3, 0.4) is 0 Å². The number of amides is 2. The van der Waals surface area contributed by atoms with Crippen molar-refractivity contribution in [3.8, 4) is 0 Å². The number of ether oxygens (including phenoxy) is 3. The maximum absolute atomic E-state index is 12.9. The number of rotatable bonds is 6. The Morgan fingerprint density at radius 1 is 1.00 bits per heavy atom. The summed E-state index contributed by atoms with van der Waals surface area (Å²) < 4.78 is 16.7. The van der Waals surface area contributed by atoms with Gasteiger partial charge in [-0.1, -0.05) is 35.5 Å². The second kappa shape index (κ2) is 12.1. The average molecular weight is 562 g/mol. The molecule has 1 aromatic heterocycles. The van der Waals surface area contributed by atoms with E-state index in [0.717, 1.165) is 37.3 Å². The fraction of sp³-hybridized carbons (Fsp3) is 0.538. The molecule has 3 aliphatic heterocycles. The minimum absolute atomic E-state index is 0.0350. The zero-order chi connectivity index (χ0) is 26.5. The van der Waals surface area contributed by atoms with Crippen LogP contribution in [-0.2, 0) is 20.0 Å². The molecule has 3 fully saturated rings. The fourth-order valence-corrected chi connectivity index (χ4v) is 5.89. The van der Waals surface area contributed by atoms with Crippen LogP contribution in [0.5, 0.6) is 0 Å². The van der Waals surface area contributed by atoms with Gasteiger partial charge in [0.2, 0.25) is 0 Å². The summed E-state index contributed by atoms with van der Waals surface area (Å²) in [5, 5.41) is 1.02. The Morgan fingerprint density at radius 3 is 2.32 bits per heavy atom. The van der Waals surface area contributed by atoms with Gasteiger partial charge in [-0.05, 0) is 24.6 Å². The van der Waals surface area contributed by atoms with Crippen molar-refractivity contribution < 1.29 is 23.8 Å². The van der Waals surface area contributed by atoms with Crippen molar-refractivity contribution >= 4 is 41.2 Å². The number of benzene rings is 1. The van der Waals surface area contributed by atoms with Crippen molar-refractivity contribution in [1.29, 1.82) is 0 Å². The van der Waals surface area contributed by atoms with Gasteiger partial charge in [-0.2, -0.15) is 0 Å². The highest BCUT2D eigenvalue weighted by atomic mass is 35.5. The topological polar surface area (TPSA) is 97.3 Å². The van der Waals surface area contributed by atoms with E-state index >= 15 is 0 Å².